The van der Waals surface area contributed by atoms with Crippen molar-refractivity contribution < 1.29 is 24.3 Å². The first-order valence-corrected chi connectivity index (χ1v) is 14.1. The van der Waals surface area contributed by atoms with Crippen molar-refractivity contribution in [3.63, 3.8) is 0 Å². The van der Waals surface area contributed by atoms with Crippen LogP contribution in [-0.2, 0) is 20.8 Å². The van der Waals surface area contributed by atoms with Crippen LogP contribution in [0.2, 0.25) is 10.0 Å². The molecule has 0 spiro atoms. The normalized spacial score (nSPS) is 21.0. The second kappa shape index (κ2) is 12.1. The number of nitrogens with one attached hydrogen (secondary N) is 2. The van der Waals surface area contributed by atoms with Gasteiger partial charge in [0.05, 0.1) is 15.6 Å². The van der Waals surface area contributed by atoms with Gasteiger partial charge >= 0.3 is 5.97 Å². The molecule has 3 N–H and O–H groups in total. The van der Waals surface area contributed by atoms with E-state index >= 15 is 0 Å². The van der Waals surface area contributed by atoms with Gasteiger partial charge in [-0.2, -0.15) is 0 Å². The molecule has 2 aliphatic heterocycles. The van der Waals surface area contributed by atoms with Gasteiger partial charge in [0.15, 0.2) is 0 Å². The van der Waals surface area contributed by atoms with E-state index in [1.807, 2.05) is 20.8 Å². The largest absolute Gasteiger partial charge is 0.480 e. The lowest BCUT2D eigenvalue weighted by Gasteiger charge is -2.51. The number of rotatable bonds is 8. The number of amides is 3. The molecule has 1 aliphatic carbocycles. The van der Waals surface area contributed by atoms with Crippen molar-refractivity contribution in [2.45, 2.75) is 77.4 Å². The minimum atomic E-state index is -1.18. The van der Waals surface area contributed by atoms with Crippen LogP contribution >= 0.6 is 23.2 Å². The third kappa shape index (κ3) is 6.93. The van der Waals surface area contributed by atoms with Gasteiger partial charge in [-0.05, 0) is 54.7 Å². The average molecular weight is 590 g/mol. The minimum Gasteiger partial charge on any atom is -0.480 e. The third-order valence-electron chi connectivity index (χ3n) is 7.47. The van der Waals surface area contributed by atoms with Gasteiger partial charge in [0.2, 0.25) is 11.8 Å². The van der Waals surface area contributed by atoms with Crippen LogP contribution < -0.4 is 10.6 Å². The van der Waals surface area contributed by atoms with Crippen molar-refractivity contribution in [1.82, 2.24) is 15.2 Å². The van der Waals surface area contributed by atoms with Gasteiger partial charge in [-0.15, -0.1) is 0 Å². The number of nitrogens with zero attached hydrogens (tertiary/aromatic N) is 2. The predicted octanol–water partition coefficient (Wildman–Crippen LogP) is 4.96. The number of pyridine rings is 1. The lowest BCUT2D eigenvalue weighted by molar-refractivity contribution is -0.156. The molecule has 2 aromatic rings. The quantitative estimate of drug-likeness (QED) is 0.400. The third-order valence-corrected chi connectivity index (χ3v) is 8.04. The molecule has 3 amide bonds. The summed E-state index contributed by atoms with van der Waals surface area (Å²) in [6, 6.07) is 4.78. The lowest BCUT2D eigenvalue weighted by atomic mass is 9.73. The second-order valence-electron chi connectivity index (χ2n) is 11.8. The molecule has 11 heteroatoms. The van der Waals surface area contributed by atoms with Gasteiger partial charge in [0.25, 0.3) is 5.91 Å². The van der Waals surface area contributed by atoms with Crippen LogP contribution in [0.5, 0.6) is 0 Å². The molecule has 1 aromatic heterocycles. The maximum absolute atomic E-state index is 13.5. The highest BCUT2D eigenvalue weighted by Gasteiger charge is 2.48. The average Bonchev–Trinajstić information content (AvgIpc) is 2.88. The van der Waals surface area contributed by atoms with Gasteiger partial charge in [0, 0.05) is 37.0 Å². The van der Waals surface area contributed by atoms with E-state index in [1.165, 1.54) is 12.4 Å². The number of halogens is 2. The standard InChI is InChI=1S/C29H34Cl2N4O5/c1-29(2,3)13-23(36)35-19-10-6-17(7-11-19)25(35)27(38)34-22(28(39)40)12-16-4-8-18(9-5-16)33-26(37)24-20(30)14-32-15-21(24)31/h4-5,8-9,14-15,17,19,22,25H,6-7,10-13H2,1-3H3,(H,33,37)(H,34,38)(H,39,40). The molecule has 214 valence electrons. The summed E-state index contributed by atoms with van der Waals surface area (Å²) in [4.78, 5) is 57.1. The second-order valence-corrected chi connectivity index (χ2v) is 12.6. The van der Waals surface area contributed by atoms with Crippen molar-refractivity contribution in [2.24, 2.45) is 11.3 Å². The molecule has 1 saturated carbocycles. The number of hydrogen-bond acceptors (Lipinski definition) is 5. The van der Waals surface area contributed by atoms with E-state index in [2.05, 4.69) is 15.6 Å². The predicted molar refractivity (Wildman–Crippen MR) is 152 cm³/mol. The van der Waals surface area contributed by atoms with Gasteiger partial charge in [-0.25, -0.2) is 4.79 Å². The first kappa shape index (κ1) is 29.8. The number of piperidine rings is 2. The van der Waals surface area contributed by atoms with Crippen molar-refractivity contribution in [3.05, 3.63) is 57.8 Å². The highest BCUT2D eigenvalue weighted by Crippen LogP contribution is 2.41. The van der Waals surface area contributed by atoms with Crippen LogP contribution in [0.4, 0.5) is 5.69 Å². The van der Waals surface area contributed by atoms with Gasteiger partial charge < -0.3 is 20.6 Å². The number of aliphatic carboxylic acids is 1. The number of carboxylic acid groups (broad SMARTS) is 1. The Labute approximate surface area is 243 Å². The van der Waals surface area contributed by atoms with Crippen LogP contribution in [0.25, 0.3) is 0 Å². The van der Waals surface area contributed by atoms with Crippen molar-refractivity contribution in [1.29, 1.82) is 0 Å². The first-order chi connectivity index (χ1) is 18.8. The molecule has 3 heterocycles. The summed E-state index contributed by atoms with van der Waals surface area (Å²) in [5, 5.41) is 15.6. The number of benzene rings is 1. The summed E-state index contributed by atoms with van der Waals surface area (Å²) in [6.07, 6.45) is 6.45. The van der Waals surface area contributed by atoms with Crippen molar-refractivity contribution >= 4 is 52.6 Å². The Bertz CT molecular complexity index is 1270. The number of hydrogen-bond donors (Lipinski definition) is 3. The lowest BCUT2D eigenvalue weighted by Crippen LogP contribution is -2.64. The van der Waals surface area contributed by atoms with Crippen LogP contribution in [0.1, 0.15) is 68.8 Å². The smallest absolute Gasteiger partial charge is 0.326 e. The maximum Gasteiger partial charge on any atom is 0.326 e. The zero-order chi connectivity index (χ0) is 29.2. The van der Waals surface area contributed by atoms with Gasteiger partial charge in [-0.1, -0.05) is 56.1 Å². The Balaban J connectivity index is 1.43. The van der Waals surface area contributed by atoms with Gasteiger partial charge in [0.1, 0.15) is 12.1 Å². The Morgan fingerprint density at radius 3 is 2.17 bits per heavy atom. The molecule has 5 rings (SSSR count). The fourth-order valence-corrected chi connectivity index (χ4v) is 6.17. The Kier molecular flexibility index (Phi) is 9.05. The molecule has 3 fully saturated rings. The summed E-state index contributed by atoms with van der Waals surface area (Å²) in [7, 11) is 0. The number of carbonyl (C=O) groups is 4. The summed E-state index contributed by atoms with van der Waals surface area (Å²) >= 11 is 12.1. The maximum atomic E-state index is 13.5. The molecule has 1 aromatic carbocycles. The SMILES string of the molecule is CC(C)(C)CC(=O)N1C2CCC(CC2)C1C(=O)NC(Cc1ccc(NC(=O)c2c(Cl)cncc2Cl)cc1)C(=O)O. The number of fused-ring (bicyclic) bond motifs is 3. The number of aromatic nitrogens is 1. The molecule has 40 heavy (non-hydrogen) atoms. The summed E-state index contributed by atoms with van der Waals surface area (Å²) in [6.45, 7) is 5.97. The Morgan fingerprint density at radius 1 is 1.02 bits per heavy atom. The molecule has 0 radical (unpaired) electrons. The summed E-state index contributed by atoms with van der Waals surface area (Å²) < 4.78 is 0. The number of anilines is 1. The molecular weight excluding hydrogens is 555 g/mol. The highest BCUT2D eigenvalue weighted by molar-refractivity contribution is 6.40. The van der Waals surface area contributed by atoms with E-state index in [1.54, 1.807) is 29.2 Å². The van der Waals surface area contributed by atoms with Crippen LogP contribution in [0, 0.1) is 11.3 Å². The molecular formula is C29H34Cl2N4O5. The van der Waals surface area contributed by atoms with E-state index in [4.69, 9.17) is 23.2 Å². The Hall–Kier alpha value is -3.17. The van der Waals surface area contributed by atoms with E-state index in [0.717, 1.165) is 25.7 Å². The van der Waals surface area contributed by atoms with Crippen molar-refractivity contribution in [2.75, 3.05) is 5.32 Å². The van der Waals surface area contributed by atoms with E-state index < -0.39 is 29.9 Å². The fraction of sp³-hybridized carbons (Fsp3) is 0.483. The topological polar surface area (TPSA) is 129 Å². The van der Waals surface area contributed by atoms with E-state index in [-0.39, 0.29) is 45.3 Å². The molecule has 2 bridgehead atoms. The molecule has 2 unspecified atom stereocenters. The van der Waals surface area contributed by atoms with E-state index in [9.17, 15) is 24.3 Å². The van der Waals surface area contributed by atoms with E-state index in [0.29, 0.717) is 17.7 Å². The summed E-state index contributed by atoms with van der Waals surface area (Å²) in [5.74, 6) is -2.12. The zero-order valence-corrected chi connectivity index (χ0v) is 24.3. The van der Waals surface area contributed by atoms with Gasteiger partial charge in [-0.3, -0.25) is 19.4 Å². The molecule has 2 atom stereocenters. The molecule has 3 aliphatic rings. The van der Waals surface area contributed by atoms with Crippen molar-refractivity contribution in [3.8, 4) is 0 Å². The number of carbonyl (C=O) groups excluding carboxylic acids is 3. The summed E-state index contributed by atoms with van der Waals surface area (Å²) in [5.41, 5.74) is 0.986. The fourth-order valence-electron chi connectivity index (χ4n) is 5.63. The number of carboxylic acids is 1. The highest BCUT2D eigenvalue weighted by atomic mass is 35.5. The van der Waals surface area contributed by atoms with Crippen LogP contribution in [0.3, 0.4) is 0 Å². The first-order valence-electron chi connectivity index (χ1n) is 13.4. The molecule has 2 saturated heterocycles. The van der Waals surface area contributed by atoms with Crippen LogP contribution in [0.15, 0.2) is 36.7 Å². The minimum absolute atomic E-state index is 0.0125. The van der Waals surface area contributed by atoms with Crippen LogP contribution in [-0.4, -0.2) is 56.8 Å². The molecule has 9 nitrogen and oxygen atoms in total. The zero-order valence-electron chi connectivity index (χ0n) is 22.7. The Morgan fingerprint density at radius 2 is 1.62 bits per heavy atom. The monoisotopic (exact) mass is 588 g/mol.